The maximum Gasteiger partial charge on any atom is 0.417 e. The van der Waals surface area contributed by atoms with Gasteiger partial charge in [-0.2, -0.15) is 13.2 Å². The molecule has 8 nitrogen and oxygen atoms in total. The Morgan fingerprint density at radius 1 is 0.905 bits per heavy atom. The van der Waals surface area contributed by atoms with Gasteiger partial charge >= 0.3 is 6.18 Å². The summed E-state index contributed by atoms with van der Waals surface area (Å²) in [7, 11) is -8.12. The first-order valence-electron chi connectivity index (χ1n) is 12.3. The number of anilines is 2. The Kier molecular flexibility index (Phi) is 9.70. The zero-order valence-corrected chi connectivity index (χ0v) is 25.4. The van der Waals surface area contributed by atoms with Gasteiger partial charge in [-0.05, 0) is 67.4 Å². The van der Waals surface area contributed by atoms with E-state index in [1.54, 1.807) is 18.2 Å². The molecule has 1 saturated heterocycles. The summed E-state index contributed by atoms with van der Waals surface area (Å²) >= 11 is 17.9. The lowest BCUT2D eigenvalue weighted by Crippen LogP contribution is -2.44. The lowest BCUT2D eigenvalue weighted by atomic mass is 9.99. The van der Waals surface area contributed by atoms with Gasteiger partial charge in [-0.1, -0.05) is 40.9 Å². The summed E-state index contributed by atoms with van der Waals surface area (Å²) in [5.74, 6) is -1.55. The fourth-order valence-electron chi connectivity index (χ4n) is 4.33. The molecule has 0 spiro atoms. The van der Waals surface area contributed by atoms with E-state index >= 15 is 0 Å². The second-order valence-electron chi connectivity index (χ2n) is 9.47. The van der Waals surface area contributed by atoms with Crippen LogP contribution in [0.1, 0.15) is 24.0 Å². The monoisotopic (exact) mass is 683 g/mol. The van der Waals surface area contributed by atoms with Gasteiger partial charge in [0.15, 0.2) is 0 Å². The third-order valence-electron chi connectivity index (χ3n) is 6.49. The maximum absolute atomic E-state index is 13.1. The van der Waals surface area contributed by atoms with E-state index in [0.717, 1.165) is 12.1 Å². The van der Waals surface area contributed by atoms with Crippen LogP contribution in [0.2, 0.25) is 15.1 Å². The predicted molar refractivity (Wildman–Crippen MR) is 156 cm³/mol. The summed E-state index contributed by atoms with van der Waals surface area (Å²) in [4.78, 5) is 12.7. The summed E-state index contributed by atoms with van der Waals surface area (Å²) in [6.45, 7) is 0.166. The van der Waals surface area contributed by atoms with E-state index in [2.05, 4.69) is 10.0 Å². The van der Waals surface area contributed by atoms with E-state index < -0.39 is 54.4 Å². The van der Waals surface area contributed by atoms with Crippen LogP contribution in [0.3, 0.4) is 0 Å². The minimum absolute atomic E-state index is 0.0619. The van der Waals surface area contributed by atoms with Crippen molar-refractivity contribution in [1.82, 2.24) is 4.31 Å². The summed E-state index contributed by atoms with van der Waals surface area (Å²) in [6, 6.07) is 12.3. The Balaban J connectivity index is 1.41. The van der Waals surface area contributed by atoms with Gasteiger partial charge in [0.1, 0.15) is 0 Å². The molecule has 2 N–H and O–H groups in total. The highest BCUT2D eigenvalue weighted by atomic mass is 35.5. The number of benzene rings is 3. The van der Waals surface area contributed by atoms with Crippen LogP contribution in [0.5, 0.6) is 0 Å². The lowest BCUT2D eigenvalue weighted by Gasteiger charge is -2.31. The molecule has 3 aromatic rings. The van der Waals surface area contributed by atoms with Crippen molar-refractivity contribution < 1.29 is 34.8 Å². The normalized spacial score (nSPS) is 16.7. The fraction of sp³-hybridized carbons (Fsp3) is 0.269. The van der Waals surface area contributed by atoms with Gasteiger partial charge in [0.05, 0.1) is 27.2 Å². The molecule has 1 fully saturated rings. The molecule has 1 heterocycles. The quantitative estimate of drug-likeness (QED) is 0.276. The number of carbonyl (C=O) groups excluding carboxylic acids is 1. The molecule has 0 saturated carbocycles. The van der Waals surface area contributed by atoms with Crippen LogP contribution in [0.4, 0.5) is 24.5 Å². The van der Waals surface area contributed by atoms with Gasteiger partial charge in [0, 0.05) is 40.1 Å². The lowest BCUT2D eigenvalue weighted by molar-refractivity contribution is -0.137. The number of amides is 1. The number of piperidine rings is 1. The number of halogens is 6. The molecule has 1 aliphatic rings. The minimum atomic E-state index is -4.78. The van der Waals surface area contributed by atoms with Gasteiger partial charge in [0.2, 0.25) is 15.9 Å². The molecule has 0 bridgehead atoms. The number of nitrogens with zero attached hydrogens (tertiary/aromatic N) is 1. The van der Waals surface area contributed by atoms with E-state index in [1.807, 2.05) is 0 Å². The van der Waals surface area contributed by atoms with Crippen molar-refractivity contribution in [2.75, 3.05) is 23.1 Å². The van der Waals surface area contributed by atoms with Crippen LogP contribution in [-0.2, 0) is 36.8 Å². The number of sulfonamides is 2. The second kappa shape index (κ2) is 12.6. The number of rotatable bonds is 8. The summed E-state index contributed by atoms with van der Waals surface area (Å²) in [5.41, 5.74) is -1.01. The van der Waals surface area contributed by atoms with Crippen molar-refractivity contribution in [2.24, 2.45) is 5.92 Å². The van der Waals surface area contributed by atoms with Gasteiger partial charge in [-0.25, -0.2) is 21.1 Å². The summed E-state index contributed by atoms with van der Waals surface area (Å²) < 4.78 is 94.3. The molecule has 0 radical (unpaired) electrons. The molecule has 4 rings (SSSR count). The Bertz CT molecular complexity index is 1680. The summed E-state index contributed by atoms with van der Waals surface area (Å²) in [5, 5.41) is 2.52. The van der Waals surface area contributed by atoms with Crippen molar-refractivity contribution in [3.63, 3.8) is 0 Å². The molecule has 3 aromatic carbocycles. The third kappa shape index (κ3) is 7.69. The number of hydrogen-bond donors (Lipinski definition) is 2. The van der Waals surface area contributed by atoms with Crippen LogP contribution in [0.15, 0.2) is 65.6 Å². The maximum atomic E-state index is 13.1. The molecule has 1 atom stereocenters. The van der Waals surface area contributed by atoms with Crippen LogP contribution in [0, 0.1) is 5.92 Å². The average molecular weight is 685 g/mol. The summed E-state index contributed by atoms with van der Waals surface area (Å²) in [6.07, 6.45) is -3.90. The van der Waals surface area contributed by atoms with Crippen LogP contribution in [-0.4, -0.2) is 40.1 Å². The highest BCUT2D eigenvalue weighted by Gasteiger charge is 2.34. The van der Waals surface area contributed by atoms with Crippen molar-refractivity contribution >= 4 is 72.1 Å². The van der Waals surface area contributed by atoms with E-state index in [-0.39, 0.29) is 45.0 Å². The van der Waals surface area contributed by atoms with E-state index in [4.69, 9.17) is 34.8 Å². The van der Waals surface area contributed by atoms with Crippen molar-refractivity contribution in [3.05, 3.63) is 86.9 Å². The predicted octanol–water partition coefficient (Wildman–Crippen LogP) is 6.65. The van der Waals surface area contributed by atoms with Crippen LogP contribution in [0.25, 0.3) is 0 Å². The molecule has 0 unspecified atom stereocenters. The highest BCUT2D eigenvalue weighted by Crippen LogP contribution is 2.36. The Morgan fingerprint density at radius 3 is 2.14 bits per heavy atom. The smallest absolute Gasteiger partial charge is 0.326 e. The van der Waals surface area contributed by atoms with Crippen molar-refractivity contribution in [1.29, 1.82) is 0 Å². The molecule has 226 valence electrons. The SMILES string of the molecule is O=C(Nc1ccc(S(=O)(=O)Nc2ccc(Cl)c(C(F)(F)F)c2)cc1)[C@@H]1CCCN(S(=O)(=O)Cc2c(Cl)cccc2Cl)C1. The van der Waals surface area contributed by atoms with E-state index in [1.165, 1.54) is 28.6 Å². The molecular weight excluding hydrogens is 662 g/mol. The first kappa shape index (κ1) is 32.4. The number of carbonyl (C=O) groups is 1. The van der Waals surface area contributed by atoms with Gasteiger partial charge in [0.25, 0.3) is 10.0 Å². The van der Waals surface area contributed by atoms with Crippen molar-refractivity contribution in [2.45, 2.75) is 29.7 Å². The van der Waals surface area contributed by atoms with Gasteiger partial charge in [-0.15, -0.1) is 0 Å². The first-order chi connectivity index (χ1) is 19.6. The van der Waals surface area contributed by atoms with E-state index in [9.17, 15) is 34.8 Å². The zero-order valence-electron chi connectivity index (χ0n) is 21.5. The molecule has 0 aromatic heterocycles. The molecule has 16 heteroatoms. The second-order valence-corrected chi connectivity index (χ2v) is 14.3. The molecule has 1 amide bonds. The topological polar surface area (TPSA) is 113 Å². The number of nitrogens with one attached hydrogen (secondary N) is 2. The number of hydrogen-bond acceptors (Lipinski definition) is 5. The molecule has 42 heavy (non-hydrogen) atoms. The molecule has 1 aliphatic heterocycles. The number of alkyl halides is 3. The van der Waals surface area contributed by atoms with Crippen LogP contribution < -0.4 is 10.0 Å². The Morgan fingerprint density at radius 2 is 1.52 bits per heavy atom. The first-order valence-corrected chi connectivity index (χ1v) is 16.5. The minimum Gasteiger partial charge on any atom is -0.326 e. The Hall–Kier alpha value is -2.55. The van der Waals surface area contributed by atoms with Gasteiger partial charge in [-0.3, -0.25) is 9.52 Å². The standard InChI is InChI=1S/C26H23Cl3F3N3O5S2/c27-22-4-1-5-23(28)20(22)15-41(37,38)35-12-2-3-16(14-35)25(36)33-17-6-9-19(10-7-17)42(39,40)34-18-8-11-24(29)21(13-18)26(30,31)32/h1,4-11,13,16,34H,2-3,12,14-15H2,(H,33,36)/t16-/m1/s1. The highest BCUT2D eigenvalue weighted by molar-refractivity contribution is 7.92. The van der Waals surface area contributed by atoms with Crippen LogP contribution >= 0.6 is 34.8 Å². The average Bonchev–Trinajstić information content (AvgIpc) is 2.91. The fourth-order valence-corrected chi connectivity index (χ4v) is 7.97. The Labute approximate surface area is 255 Å². The zero-order chi connectivity index (χ0) is 30.9. The molecule has 0 aliphatic carbocycles. The van der Waals surface area contributed by atoms with Crippen molar-refractivity contribution in [3.8, 4) is 0 Å². The third-order valence-corrected chi connectivity index (χ3v) is 10.7. The molecular formula is C26H23Cl3F3N3O5S2. The van der Waals surface area contributed by atoms with E-state index in [0.29, 0.717) is 18.9 Å². The van der Waals surface area contributed by atoms with Gasteiger partial charge < -0.3 is 5.32 Å². The largest absolute Gasteiger partial charge is 0.417 e.